The second-order valence-electron chi connectivity index (χ2n) is 8.08. The van der Waals surface area contributed by atoms with Gasteiger partial charge in [0.2, 0.25) is 11.8 Å². The predicted molar refractivity (Wildman–Crippen MR) is 107 cm³/mol. The van der Waals surface area contributed by atoms with Crippen LogP contribution in [0.3, 0.4) is 0 Å². The Labute approximate surface area is 178 Å². The molecule has 174 valence electrons. The molecular weight excluding hydrogens is 420 g/mol. The Kier molecular flexibility index (Phi) is 6.92. The number of ether oxygens (including phenoxy) is 1. The fraction of sp³-hybridized carbons (Fsp3) is 0.750. The van der Waals surface area contributed by atoms with Crippen molar-refractivity contribution in [1.29, 1.82) is 0 Å². The molecule has 0 saturated carbocycles. The number of carbonyl (C=O) groups excluding carboxylic acids is 1. The lowest BCUT2D eigenvalue weighted by Gasteiger charge is -2.40. The van der Waals surface area contributed by atoms with E-state index in [1.807, 2.05) is 0 Å². The van der Waals surface area contributed by atoms with Crippen molar-refractivity contribution in [3.8, 4) is 0 Å². The fourth-order valence-corrected chi connectivity index (χ4v) is 4.27. The molecule has 1 aromatic rings. The van der Waals surface area contributed by atoms with Gasteiger partial charge in [-0.25, -0.2) is 0 Å². The van der Waals surface area contributed by atoms with Crippen LogP contribution in [-0.2, 0) is 16.1 Å². The molecule has 11 heteroatoms. The van der Waals surface area contributed by atoms with Crippen LogP contribution in [0, 0.1) is 11.7 Å². The highest BCUT2D eigenvalue weighted by atomic mass is 19.4. The van der Waals surface area contributed by atoms with Crippen molar-refractivity contribution in [3.05, 3.63) is 16.2 Å². The molecular formula is C20H28F4N4O3. The van der Waals surface area contributed by atoms with Crippen molar-refractivity contribution in [3.63, 3.8) is 0 Å². The number of fused-ring (bicyclic) bond motifs is 1. The smallest absolute Gasteiger partial charge is 0.377 e. The third-order valence-electron chi connectivity index (χ3n) is 6.12. The number of anilines is 2. The number of hydrogen-bond donors (Lipinski definition) is 0. The largest absolute Gasteiger partial charge is 0.408 e. The first-order valence-corrected chi connectivity index (χ1v) is 10.6. The number of rotatable bonds is 6. The molecule has 7 nitrogen and oxygen atoms in total. The number of halogens is 4. The quantitative estimate of drug-likeness (QED) is 0.624. The van der Waals surface area contributed by atoms with Gasteiger partial charge in [-0.1, -0.05) is 13.8 Å². The van der Waals surface area contributed by atoms with E-state index in [-0.39, 0.29) is 49.9 Å². The van der Waals surface area contributed by atoms with Crippen molar-refractivity contribution in [2.45, 2.75) is 64.8 Å². The van der Waals surface area contributed by atoms with Gasteiger partial charge in [0, 0.05) is 19.0 Å². The summed E-state index contributed by atoms with van der Waals surface area (Å²) in [5, 5.41) is 0. The van der Waals surface area contributed by atoms with E-state index in [0.29, 0.717) is 12.8 Å². The third kappa shape index (κ3) is 4.56. The van der Waals surface area contributed by atoms with Gasteiger partial charge in [-0.2, -0.15) is 22.5 Å². The van der Waals surface area contributed by atoms with Crippen molar-refractivity contribution >= 4 is 17.5 Å². The summed E-state index contributed by atoms with van der Waals surface area (Å²) in [4.78, 5) is 32.0. The number of carbonyl (C=O) groups is 1. The maximum Gasteiger partial charge on any atom is 0.408 e. The first-order valence-electron chi connectivity index (χ1n) is 10.6. The van der Waals surface area contributed by atoms with Crippen LogP contribution >= 0.6 is 0 Å². The van der Waals surface area contributed by atoms with Gasteiger partial charge >= 0.3 is 6.18 Å². The van der Waals surface area contributed by atoms with Gasteiger partial charge in [-0.05, 0) is 26.2 Å². The molecule has 0 radical (unpaired) electrons. The highest BCUT2D eigenvalue weighted by Crippen LogP contribution is 2.35. The fourth-order valence-electron chi connectivity index (χ4n) is 4.27. The number of hydrogen-bond acceptors (Lipinski definition) is 6. The van der Waals surface area contributed by atoms with E-state index < -0.39 is 42.5 Å². The summed E-state index contributed by atoms with van der Waals surface area (Å²) in [5.74, 6) is -2.46. The van der Waals surface area contributed by atoms with Gasteiger partial charge in [-0.15, -0.1) is 0 Å². The standard InChI is InChI=1S/C20H28F4N4O3/c1-4-13(5-2)14(29)10-28-15(20(22,23)24)6-7-27-18(30)16(21)17(25-19(27)28)26-8-9-31-11-12(26)3/h12-13,15H,4-11H2,1-3H3. The maximum absolute atomic E-state index is 14.9. The summed E-state index contributed by atoms with van der Waals surface area (Å²) >= 11 is 0. The number of ketones is 1. The van der Waals surface area contributed by atoms with E-state index in [1.165, 1.54) is 4.90 Å². The van der Waals surface area contributed by atoms with E-state index in [1.54, 1.807) is 20.8 Å². The molecule has 0 aromatic carbocycles. The Balaban J connectivity index is 2.10. The Hall–Kier alpha value is -2.17. The molecule has 0 amide bonds. The van der Waals surface area contributed by atoms with E-state index in [2.05, 4.69) is 4.98 Å². The van der Waals surface area contributed by atoms with E-state index in [0.717, 1.165) is 9.47 Å². The van der Waals surface area contributed by atoms with Gasteiger partial charge in [0.1, 0.15) is 6.04 Å². The molecule has 0 spiro atoms. The molecule has 2 aliphatic rings. The Morgan fingerprint density at radius 3 is 2.52 bits per heavy atom. The molecule has 1 fully saturated rings. The number of nitrogens with zero attached hydrogens (tertiary/aromatic N) is 4. The van der Waals surface area contributed by atoms with Gasteiger partial charge < -0.3 is 14.5 Å². The zero-order valence-electron chi connectivity index (χ0n) is 17.9. The average molecular weight is 448 g/mol. The van der Waals surface area contributed by atoms with Crippen LogP contribution in [0.15, 0.2) is 4.79 Å². The number of morpholine rings is 1. The monoisotopic (exact) mass is 448 g/mol. The normalized spacial score (nSPS) is 22.1. The SMILES string of the molecule is CCC(CC)C(=O)CN1c2nc(N3CCOCC3C)c(F)c(=O)n2CCC1C(F)(F)F. The van der Waals surface area contributed by atoms with Crippen molar-refractivity contribution < 1.29 is 27.1 Å². The summed E-state index contributed by atoms with van der Waals surface area (Å²) in [7, 11) is 0. The van der Waals surface area contributed by atoms with Crippen LogP contribution in [0.5, 0.6) is 0 Å². The Morgan fingerprint density at radius 2 is 1.94 bits per heavy atom. The lowest BCUT2D eigenvalue weighted by molar-refractivity contribution is -0.153. The molecule has 0 aliphatic carbocycles. The predicted octanol–water partition coefficient (Wildman–Crippen LogP) is 2.75. The minimum absolute atomic E-state index is 0.253. The molecule has 31 heavy (non-hydrogen) atoms. The van der Waals surface area contributed by atoms with Crippen molar-refractivity contribution in [2.75, 3.05) is 36.1 Å². The molecule has 3 heterocycles. The van der Waals surface area contributed by atoms with Gasteiger partial charge in [-0.3, -0.25) is 14.2 Å². The topological polar surface area (TPSA) is 67.7 Å². The summed E-state index contributed by atoms with van der Waals surface area (Å²) in [6.45, 7) is 5.31. The molecule has 1 saturated heterocycles. The van der Waals surface area contributed by atoms with Crippen LogP contribution in [-0.4, -0.2) is 59.9 Å². The molecule has 0 N–H and O–H groups in total. The second kappa shape index (κ2) is 9.13. The molecule has 3 rings (SSSR count). The maximum atomic E-state index is 14.9. The summed E-state index contributed by atoms with van der Waals surface area (Å²) in [6, 6.07) is -2.28. The highest BCUT2D eigenvalue weighted by Gasteiger charge is 2.48. The lowest BCUT2D eigenvalue weighted by atomic mass is 9.97. The summed E-state index contributed by atoms with van der Waals surface area (Å²) < 4.78 is 62.6. The zero-order valence-corrected chi connectivity index (χ0v) is 17.9. The Bertz CT molecular complexity index is 869. The van der Waals surface area contributed by atoms with Crippen LogP contribution in [0.1, 0.15) is 40.0 Å². The minimum atomic E-state index is -4.63. The number of Topliss-reactive ketones (excluding diaryl/α,β-unsaturated/α-hetero) is 1. The number of alkyl halides is 3. The van der Waals surface area contributed by atoms with Crippen LogP contribution in [0.25, 0.3) is 0 Å². The molecule has 0 bridgehead atoms. The van der Waals surface area contributed by atoms with Gasteiger partial charge in [0.15, 0.2) is 11.6 Å². The zero-order chi connectivity index (χ0) is 22.9. The molecule has 2 atom stereocenters. The molecule has 1 aromatic heterocycles. The lowest BCUT2D eigenvalue weighted by Crippen LogP contribution is -2.55. The van der Waals surface area contributed by atoms with Crippen LogP contribution < -0.4 is 15.4 Å². The second-order valence-corrected chi connectivity index (χ2v) is 8.08. The third-order valence-corrected chi connectivity index (χ3v) is 6.12. The van der Waals surface area contributed by atoms with Gasteiger partial charge in [0.25, 0.3) is 5.56 Å². The average Bonchev–Trinajstić information content (AvgIpc) is 2.71. The summed E-state index contributed by atoms with van der Waals surface area (Å²) in [6.07, 6.45) is -4.08. The molecule has 2 unspecified atom stereocenters. The van der Waals surface area contributed by atoms with E-state index in [4.69, 9.17) is 4.74 Å². The first kappa shape index (κ1) is 23.5. The molecule has 2 aliphatic heterocycles. The van der Waals surface area contributed by atoms with Crippen molar-refractivity contribution in [2.24, 2.45) is 5.92 Å². The minimum Gasteiger partial charge on any atom is -0.377 e. The Morgan fingerprint density at radius 1 is 1.26 bits per heavy atom. The van der Waals surface area contributed by atoms with Crippen molar-refractivity contribution in [1.82, 2.24) is 9.55 Å². The van der Waals surface area contributed by atoms with Gasteiger partial charge in [0.05, 0.1) is 25.8 Å². The summed E-state index contributed by atoms with van der Waals surface area (Å²) in [5.41, 5.74) is -1.03. The number of aromatic nitrogens is 2. The van der Waals surface area contributed by atoms with E-state index in [9.17, 15) is 27.2 Å². The first-order chi connectivity index (χ1) is 14.6. The van der Waals surface area contributed by atoms with Crippen LogP contribution in [0.4, 0.5) is 29.3 Å². The van der Waals surface area contributed by atoms with Crippen LogP contribution in [0.2, 0.25) is 0 Å². The highest BCUT2D eigenvalue weighted by molar-refractivity contribution is 5.85. The van der Waals surface area contributed by atoms with E-state index >= 15 is 0 Å².